The third-order valence-electron chi connectivity index (χ3n) is 5.38. The number of hydroxylamine groups is 3. The number of aromatic amines is 1. The Labute approximate surface area is 165 Å². The van der Waals surface area contributed by atoms with Gasteiger partial charge in [0.25, 0.3) is 0 Å². The summed E-state index contributed by atoms with van der Waals surface area (Å²) in [6.07, 6.45) is 5.55. The largest absolute Gasteiger partial charge is 0.632 e. The van der Waals surface area contributed by atoms with Crippen molar-refractivity contribution in [2.75, 3.05) is 26.7 Å². The average Bonchev–Trinajstić information content (AvgIpc) is 3.14. The highest BCUT2D eigenvalue weighted by molar-refractivity contribution is 5.84. The molecule has 5 nitrogen and oxygen atoms in total. The summed E-state index contributed by atoms with van der Waals surface area (Å²) in [6.45, 7) is 2.05. The molecule has 146 valence electrons. The maximum absolute atomic E-state index is 13.3. The van der Waals surface area contributed by atoms with E-state index in [-0.39, 0.29) is 4.65 Å². The number of hydrogen-bond acceptors (Lipinski definition) is 3. The van der Waals surface area contributed by atoms with Crippen molar-refractivity contribution in [3.63, 3.8) is 0 Å². The number of quaternary nitrogens is 1. The van der Waals surface area contributed by atoms with Gasteiger partial charge in [-0.15, -0.1) is 0 Å². The normalized spacial score (nSPS) is 19.4. The second-order valence-electron chi connectivity index (χ2n) is 7.37. The van der Waals surface area contributed by atoms with Crippen LogP contribution >= 0.6 is 0 Å². The van der Waals surface area contributed by atoms with Crippen molar-refractivity contribution in [1.82, 2.24) is 4.98 Å². The molecule has 1 N–H and O–H groups in total. The lowest BCUT2D eigenvalue weighted by Crippen LogP contribution is -2.47. The van der Waals surface area contributed by atoms with Gasteiger partial charge in [-0.1, -0.05) is 30.3 Å². The number of H-pyrrole nitrogens is 1. The molecule has 0 spiro atoms. The topological polar surface area (TPSA) is 57.3 Å². The Bertz CT molecular complexity index is 964. The molecule has 0 amide bonds. The van der Waals surface area contributed by atoms with Gasteiger partial charge in [0, 0.05) is 29.9 Å². The zero-order valence-electron chi connectivity index (χ0n) is 16.2. The Hall–Kier alpha value is -2.76. The molecule has 3 aromatic rings. The van der Waals surface area contributed by atoms with E-state index in [0.717, 1.165) is 46.4 Å². The molecule has 1 unspecified atom stereocenters. The summed E-state index contributed by atoms with van der Waals surface area (Å²) in [5, 5.41) is 14.4. The highest BCUT2D eigenvalue weighted by Crippen LogP contribution is 2.26. The molecule has 0 aliphatic carbocycles. The minimum atomic E-state index is -0.239. The SMILES string of the molecule is COc1ccc2[nH]cc(CC[N+]3([O-])CCC=C(OCc4ccccc4)C3)c2c1. The fraction of sp³-hybridized carbons (Fsp3) is 0.304. The van der Waals surface area contributed by atoms with Gasteiger partial charge in [-0.25, -0.2) is 0 Å². The van der Waals surface area contributed by atoms with Crippen molar-refractivity contribution in [2.45, 2.75) is 19.4 Å². The molecule has 1 aliphatic rings. The molecule has 0 fully saturated rings. The summed E-state index contributed by atoms with van der Waals surface area (Å²) in [5.74, 6) is 1.64. The van der Waals surface area contributed by atoms with Gasteiger partial charge in [-0.3, -0.25) is 0 Å². The molecule has 2 aromatic carbocycles. The van der Waals surface area contributed by atoms with Gasteiger partial charge in [0.05, 0.1) is 20.2 Å². The summed E-state index contributed by atoms with van der Waals surface area (Å²) in [6, 6.07) is 16.0. The van der Waals surface area contributed by atoms with Crippen molar-refractivity contribution in [1.29, 1.82) is 0 Å². The Balaban J connectivity index is 1.38. The molecule has 4 rings (SSSR count). The summed E-state index contributed by atoms with van der Waals surface area (Å²) in [7, 11) is 1.67. The second-order valence-corrected chi connectivity index (χ2v) is 7.37. The smallest absolute Gasteiger partial charge is 0.147 e. The van der Waals surface area contributed by atoms with E-state index in [1.165, 1.54) is 0 Å². The van der Waals surface area contributed by atoms with Crippen molar-refractivity contribution in [2.24, 2.45) is 0 Å². The number of hydrogen-bond donors (Lipinski definition) is 1. The lowest BCUT2D eigenvalue weighted by molar-refractivity contribution is -0.878. The summed E-state index contributed by atoms with van der Waals surface area (Å²) >= 11 is 0. The number of methoxy groups -OCH3 is 1. The molecule has 0 bridgehead atoms. The predicted octanol–water partition coefficient (Wildman–Crippen LogP) is 4.54. The van der Waals surface area contributed by atoms with Crippen LogP contribution in [-0.4, -0.2) is 36.4 Å². The van der Waals surface area contributed by atoms with Crippen LogP contribution in [0.25, 0.3) is 10.9 Å². The minimum Gasteiger partial charge on any atom is -0.632 e. The third-order valence-corrected chi connectivity index (χ3v) is 5.38. The van der Waals surface area contributed by atoms with Crippen LogP contribution < -0.4 is 4.74 Å². The number of ether oxygens (including phenoxy) is 2. The van der Waals surface area contributed by atoms with Crippen molar-refractivity contribution in [3.8, 4) is 5.75 Å². The first-order valence-corrected chi connectivity index (χ1v) is 9.72. The Morgan fingerprint density at radius 3 is 2.82 bits per heavy atom. The predicted molar refractivity (Wildman–Crippen MR) is 111 cm³/mol. The van der Waals surface area contributed by atoms with Gasteiger partial charge in [-0.05, 0) is 35.4 Å². The van der Waals surface area contributed by atoms with Crippen LogP contribution in [0.15, 0.2) is 66.6 Å². The number of fused-ring (bicyclic) bond motifs is 1. The molecule has 5 heteroatoms. The Morgan fingerprint density at radius 1 is 1.14 bits per heavy atom. The van der Waals surface area contributed by atoms with Crippen LogP contribution in [0.2, 0.25) is 0 Å². The van der Waals surface area contributed by atoms with E-state index in [1.807, 2.05) is 54.7 Å². The monoisotopic (exact) mass is 378 g/mol. The fourth-order valence-electron chi connectivity index (χ4n) is 3.75. The van der Waals surface area contributed by atoms with E-state index in [0.29, 0.717) is 26.2 Å². The highest BCUT2D eigenvalue weighted by Gasteiger charge is 2.24. The molecule has 1 aliphatic heterocycles. The van der Waals surface area contributed by atoms with Crippen LogP contribution in [0.5, 0.6) is 5.75 Å². The number of rotatable bonds is 7. The molecule has 2 heterocycles. The van der Waals surface area contributed by atoms with Gasteiger partial charge in [0.1, 0.15) is 24.7 Å². The van der Waals surface area contributed by atoms with E-state index in [9.17, 15) is 5.21 Å². The van der Waals surface area contributed by atoms with E-state index in [1.54, 1.807) is 7.11 Å². The first kappa shape index (κ1) is 18.6. The van der Waals surface area contributed by atoms with Gasteiger partial charge >= 0.3 is 0 Å². The van der Waals surface area contributed by atoms with Gasteiger partial charge < -0.3 is 24.3 Å². The Morgan fingerprint density at radius 2 is 2.00 bits per heavy atom. The zero-order chi connectivity index (χ0) is 19.4. The van der Waals surface area contributed by atoms with E-state index < -0.39 is 0 Å². The van der Waals surface area contributed by atoms with E-state index in [2.05, 4.69) is 11.1 Å². The fourth-order valence-corrected chi connectivity index (χ4v) is 3.75. The minimum absolute atomic E-state index is 0.239. The maximum atomic E-state index is 13.3. The van der Waals surface area contributed by atoms with Gasteiger partial charge in [0.15, 0.2) is 0 Å². The third kappa shape index (κ3) is 4.21. The van der Waals surface area contributed by atoms with Gasteiger partial charge in [-0.2, -0.15) is 0 Å². The molecule has 0 saturated heterocycles. The van der Waals surface area contributed by atoms with Crippen molar-refractivity contribution >= 4 is 10.9 Å². The molecule has 0 saturated carbocycles. The number of nitrogens with zero attached hydrogens (tertiary/aromatic N) is 1. The first-order valence-electron chi connectivity index (χ1n) is 9.72. The van der Waals surface area contributed by atoms with Crippen molar-refractivity contribution < 1.29 is 14.1 Å². The van der Waals surface area contributed by atoms with Crippen LogP contribution in [0.4, 0.5) is 0 Å². The molecular formula is C23H26N2O3. The molecule has 1 aromatic heterocycles. The summed E-state index contributed by atoms with van der Waals surface area (Å²) in [5.41, 5.74) is 3.34. The number of nitrogens with one attached hydrogen (secondary N) is 1. The molecule has 0 radical (unpaired) electrons. The summed E-state index contributed by atoms with van der Waals surface area (Å²) in [4.78, 5) is 3.29. The van der Waals surface area contributed by atoms with E-state index in [4.69, 9.17) is 9.47 Å². The van der Waals surface area contributed by atoms with Crippen LogP contribution in [-0.2, 0) is 17.8 Å². The average molecular weight is 378 g/mol. The first-order chi connectivity index (χ1) is 13.6. The quantitative estimate of drug-likeness (QED) is 0.485. The van der Waals surface area contributed by atoms with Crippen LogP contribution in [0.1, 0.15) is 17.5 Å². The number of benzene rings is 2. The second kappa shape index (κ2) is 8.09. The van der Waals surface area contributed by atoms with Crippen LogP contribution in [0, 0.1) is 5.21 Å². The van der Waals surface area contributed by atoms with Crippen molar-refractivity contribution in [3.05, 3.63) is 82.9 Å². The summed E-state index contributed by atoms with van der Waals surface area (Å²) < 4.78 is 11.0. The maximum Gasteiger partial charge on any atom is 0.147 e. The number of aromatic nitrogens is 1. The molecular weight excluding hydrogens is 352 g/mol. The highest BCUT2D eigenvalue weighted by atomic mass is 16.6. The lowest BCUT2D eigenvalue weighted by Gasteiger charge is -2.45. The van der Waals surface area contributed by atoms with E-state index >= 15 is 0 Å². The van der Waals surface area contributed by atoms with Crippen LogP contribution in [0.3, 0.4) is 0 Å². The molecule has 1 atom stereocenters. The standard InChI is InChI=1S/C23H26N2O3/c1-27-20-9-10-23-22(14-20)19(15-24-23)11-13-25(26)12-5-8-21(16-25)28-17-18-6-3-2-4-7-18/h2-4,6-10,14-15,24H,5,11-13,16-17H2,1H3. The Kier molecular flexibility index (Phi) is 5.37. The zero-order valence-corrected chi connectivity index (χ0v) is 16.2. The van der Waals surface area contributed by atoms with Gasteiger partial charge in [0.2, 0.25) is 0 Å². The lowest BCUT2D eigenvalue weighted by atomic mass is 10.1. The molecule has 28 heavy (non-hydrogen) atoms.